The minimum absolute atomic E-state index is 0.0836. The second-order valence-electron chi connectivity index (χ2n) is 7.22. The minimum Gasteiger partial charge on any atom is -0.299 e. The molecule has 5 heteroatoms. The van der Waals surface area contributed by atoms with Crippen molar-refractivity contribution in [1.29, 1.82) is 0 Å². The molecular formula is C20H19FN4. The summed E-state index contributed by atoms with van der Waals surface area (Å²) in [6.45, 7) is 6.40. The molecule has 2 aromatic carbocycles. The van der Waals surface area contributed by atoms with Crippen molar-refractivity contribution in [3.05, 3.63) is 66.4 Å². The number of imidazole rings is 1. The van der Waals surface area contributed by atoms with Crippen LogP contribution in [0.3, 0.4) is 0 Å². The van der Waals surface area contributed by atoms with E-state index >= 15 is 0 Å². The number of nitrogens with one attached hydrogen (secondary N) is 1. The highest BCUT2D eigenvalue weighted by Gasteiger charge is 2.21. The average Bonchev–Trinajstić information content (AvgIpc) is 3.21. The van der Waals surface area contributed by atoms with E-state index in [1.807, 2.05) is 12.1 Å². The summed E-state index contributed by atoms with van der Waals surface area (Å²) in [6, 6.07) is 12.5. The Balaban J connectivity index is 1.92. The summed E-state index contributed by atoms with van der Waals surface area (Å²) in [6.07, 6.45) is 3.86. The highest BCUT2D eigenvalue weighted by molar-refractivity contribution is 5.80. The molecule has 0 aliphatic rings. The molecule has 1 N–H and O–H groups in total. The Morgan fingerprint density at radius 1 is 1.04 bits per heavy atom. The second kappa shape index (κ2) is 5.55. The molecule has 0 saturated carbocycles. The van der Waals surface area contributed by atoms with Gasteiger partial charge in [0.25, 0.3) is 0 Å². The molecule has 0 aliphatic heterocycles. The van der Waals surface area contributed by atoms with Crippen molar-refractivity contribution >= 4 is 10.9 Å². The fourth-order valence-electron chi connectivity index (χ4n) is 2.82. The number of H-pyrrole nitrogens is 1. The number of nitrogens with zero attached hydrogens (tertiary/aromatic N) is 3. The van der Waals surface area contributed by atoms with Gasteiger partial charge in [-0.05, 0) is 42.5 Å². The lowest BCUT2D eigenvalue weighted by Crippen LogP contribution is -2.11. The summed E-state index contributed by atoms with van der Waals surface area (Å²) < 4.78 is 15.4. The van der Waals surface area contributed by atoms with Crippen LogP contribution in [0.15, 0.2) is 54.9 Å². The number of rotatable bonds is 2. The molecule has 0 bridgehead atoms. The van der Waals surface area contributed by atoms with Crippen molar-refractivity contribution in [2.75, 3.05) is 0 Å². The topological polar surface area (TPSA) is 46.5 Å². The summed E-state index contributed by atoms with van der Waals surface area (Å²) in [5.74, 6) is 0.547. The zero-order chi connectivity index (χ0) is 17.6. The molecular weight excluding hydrogens is 315 g/mol. The molecule has 0 amide bonds. The van der Waals surface area contributed by atoms with Gasteiger partial charge in [-0.3, -0.25) is 9.67 Å². The second-order valence-corrected chi connectivity index (χ2v) is 7.22. The maximum Gasteiger partial charge on any atom is 0.144 e. The van der Waals surface area contributed by atoms with Gasteiger partial charge in [0.1, 0.15) is 11.6 Å². The molecule has 0 saturated heterocycles. The van der Waals surface area contributed by atoms with E-state index in [0.29, 0.717) is 0 Å². The molecule has 0 atom stereocenters. The van der Waals surface area contributed by atoms with Crippen LogP contribution in [0.4, 0.5) is 4.39 Å². The van der Waals surface area contributed by atoms with Gasteiger partial charge in [-0.25, -0.2) is 9.37 Å². The first-order chi connectivity index (χ1) is 11.9. The van der Waals surface area contributed by atoms with Crippen LogP contribution in [0, 0.1) is 5.82 Å². The van der Waals surface area contributed by atoms with Crippen LogP contribution in [-0.2, 0) is 5.41 Å². The van der Waals surface area contributed by atoms with Gasteiger partial charge >= 0.3 is 0 Å². The van der Waals surface area contributed by atoms with Crippen LogP contribution in [-0.4, -0.2) is 19.7 Å². The summed E-state index contributed by atoms with van der Waals surface area (Å²) in [5, 5.41) is 8.08. The van der Waals surface area contributed by atoms with Gasteiger partial charge < -0.3 is 0 Å². The van der Waals surface area contributed by atoms with E-state index < -0.39 is 0 Å². The van der Waals surface area contributed by atoms with Crippen molar-refractivity contribution < 1.29 is 4.39 Å². The van der Waals surface area contributed by atoms with Gasteiger partial charge in [0, 0.05) is 28.2 Å². The zero-order valence-corrected chi connectivity index (χ0v) is 14.4. The average molecular weight is 334 g/mol. The van der Waals surface area contributed by atoms with Crippen LogP contribution in [0.25, 0.3) is 28.0 Å². The smallest absolute Gasteiger partial charge is 0.144 e. The Hall–Kier alpha value is -2.95. The monoisotopic (exact) mass is 334 g/mol. The van der Waals surface area contributed by atoms with Gasteiger partial charge in [-0.1, -0.05) is 20.8 Å². The third-order valence-electron chi connectivity index (χ3n) is 4.28. The summed E-state index contributed by atoms with van der Waals surface area (Å²) in [7, 11) is 0. The normalized spacial score (nSPS) is 12.0. The molecule has 2 heterocycles. The molecule has 25 heavy (non-hydrogen) atoms. The molecule has 0 aliphatic carbocycles. The number of fused-ring (bicyclic) bond motifs is 1. The molecule has 4 aromatic rings. The first-order valence-corrected chi connectivity index (χ1v) is 8.21. The predicted octanol–water partition coefficient (Wildman–Crippen LogP) is 4.85. The lowest BCUT2D eigenvalue weighted by atomic mass is 9.93. The first kappa shape index (κ1) is 15.6. The largest absolute Gasteiger partial charge is 0.299 e. The maximum atomic E-state index is 13.3. The van der Waals surface area contributed by atoms with Gasteiger partial charge in [-0.2, -0.15) is 5.10 Å². The first-order valence-electron chi connectivity index (χ1n) is 8.21. The van der Waals surface area contributed by atoms with Crippen LogP contribution in [0.1, 0.15) is 26.5 Å². The van der Waals surface area contributed by atoms with Crippen molar-refractivity contribution in [1.82, 2.24) is 19.7 Å². The lowest BCUT2D eigenvalue weighted by Gasteiger charge is -2.14. The summed E-state index contributed by atoms with van der Waals surface area (Å²) in [4.78, 5) is 4.84. The quantitative estimate of drug-likeness (QED) is 0.569. The van der Waals surface area contributed by atoms with Gasteiger partial charge in [0.15, 0.2) is 0 Å². The highest BCUT2D eigenvalue weighted by Crippen LogP contribution is 2.29. The van der Waals surface area contributed by atoms with E-state index in [1.165, 1.54) is 12.1 Å². The van der Waals surface area contributed by atoms with Crippen LogP contribution < -0.4 is 0 Å². The molecule has 126 valence electrons. The summed E-state index contributed by atoms with van der Waals surface area (Å²) >= 11 is 0. The standard InChI is InChI=1S/C20H19FN4/c1-20(2,3)18-12-25(16-8-9-17-14(10-16)11-22-24-17)19(23-18)13-4-6-15(21)7-5-13/h4-12H,1-3H3,(H,22,24). The number of hydrogen-bond acceptors (Lipinski definition) is 2. The zero-order valence-electron chi connectivity index (χ0n) is 14.4. The predicted molar refractivity (Wildman–Crippen MR) is 97.3 cm³/mol. The number of aromatic amines is 1. The van der Waals surface area contributed by atoms with Crippen molar-refractivity contribution in [2.24, 2.45) is 0 Å². The van der Waals surface area contributed by atoms with Crippen LogP contribution in [0.5, 0.6) is 0 Å². The Morgan fingerprint density at radius 2 is 1.80 bits per heavy atom. The van der Waals surface area contributed by atoms with E-state index in [0.717, 1.165) is 33.7 Å². The Morgan fingerprint density at radius 3 is 2.52 bits per heavy atom. The Labute approximate surface area is 145 Å². The molecule has 4 nitrogen and oxygen atoms in total. The number of hydrogen-bond donors (Lipinski definition) is 1. The van der Waals surface area contributed by atoms with Crippen molar-refractivity contribution in [3.63, 3.8) is 0 Å². The van der Waals surface area contributed by atoms with E-state index in [4.69, 9.17) is 4.98 Å². The van der Waals surface area contributed by atoms with Crippen molar-refractivity contribution in [3.8, 4) is 17.1 Å². The van der Waals surface area contributed by atoms with Crippen LogP contribution >= 0.6 is 0 Å². The minimum atomic E-state index is -0.252. The Bertz CT molecular complexity index is 1040. The Kier molecular flexibility index (Phi) is 3.46. The number of aromatic nitrogens is 4. The highest BCUT2D eigenvalue weighted by atomic mass is 19.1. The van der Waals surface area contributed by atoms with Crippen molar-refractivity contribution in [2.45, 2.75) is 26.2 Å². The number of halogens is 1. The van der Waals surface area contributed by atoms with E-state index in [2.05, 4.69) is 47.8 Å². The fraction of sp³-hybridized carbons (Fsp3) is 0.200. The molecule has 4 rings (SSSR count). The van der Waals surface area contributed by atoms with Crippen LogP contribution in [0.2, 0.25) is 0 Å². The molecule has 0 radical (unpaired) electrons. The van der Waals surface area contributed by atoms with E-state index in [-0.39, 0.29) is 11.2 Å². The van der Waals surface area contributed by atoms with Gasteiger partial charge in [0.05, 0.1) is 17.4 Å². The number of benzene rings is 2. The van der Waals surface area contributed by atoms with Gasteiger partial charge in [0.2, 0.25) is 0 Å². The fourth-order valence-corrected chi connectivity index (χ4v) is 2.82. The molecule has 0 fully saturated rings. The van der Waals surface area contributed by atoms with E-state index in [9.17, 15) is 4.39 Å². The lowest BCUT2D eigenvalue weighted by molar-refractivity contribution is 0.572. The van der Waals surface area contributed by atoms with E-state index in [1.54, 1.807) is 18.3 Å². The molecule has 0 unspecified atom stereocenters. The maximum absolute atomic E-state index is 13.3. The summed E-state index contributed by atoms with van der Waals surface area (Å²) in [5.41, 5.74) is 3.77. The SMILES string of the molecule is CC(C)(C)c1cn(-c2ccc3[nH]ncc3c2)c(-c2ccc(F)cc2)n1. The molecule has 2 aromatic heterocycles. The third-order valence-corrected chi connectivity index (χ3v) is 4.28. The van der Waals surface area contributed by atoms with Gasteiger partial charge in [-0.15, -0.1) is 0 Å². The third kappa shape index (κ3) is 2.82. The molecule has 0 spiro atoms.